The van der Waals surface area contributed by atoms with E-state index < -0.39 is 17.7 Å². The average molecular weight is 295 g/mol. The van der Waals surface area contributed by atoms with Crippen LogP contribution in [-0.2, 0) is 9.53 Å². The van der Waals surface area contributed by atoms with Gasteiger partial charge in [0.1, 0.15) is 5.60 Å². The number of hydrogen-bond acceptors (Lipinski definition) is 4. The van der Waals surface area contributed by atoms with E-state index in [-0.39, 0.29) is 24.9 Å². The number of nitrogens with zero attached hydrogens (tertiary/aromatic N) is 1. The highest BCUT2D eigenvalue weighted by atomic mass is 16.6. The Morgan fingerprint density at radius 1 is 1.43 bits per heavy atom. The first-order valence-electron chi connectivity index (χ1n) is 7.14. The first-order chi connectivity index (χ1) is 9.69. The summed E-state index contributed by atoms with van der Waals surface area (Å²) in [6.45, 7) is 12.2. The zero-order valence-corrected chi connectivity index (χ0v) is 13.1. The normalized spacial score (nSPS) is 16.0. The Balaban J connectivity index is 2.80. The molecule has 0 bridgehead atoms. The fourth-order valence-electron chi connectivity index (χ4n) is 1.85. The van der Waals surface area contributed by atoms with Crippen LogP contribution in [-0.4, -0.2) is 46.7 Å². The molecule has 1 saturated carbocycles. The van der Waals surface area contributed by atoms with Gasteiger partial charge in [0.2, 0.25) is 0 Å². The number of carbonyl (C=O) groups excluding carboxylic acids is 2. The molecule has 21 heavy (non-hydrogen) atoms. The van der Waals surface area contributed by atoms with Crippen molar-refractivity contribution in [3.05, 3.63) is 24.8 Å². The lowest BCUT2D eigenvalue weighted by Gasteiger charge is -2.31. The van der Waals surface area contributed by atoms with E-state index in [9.17, 15) is 14.7 Å². The van der Waals surface area contributed by atoms with E-state index in [0.29, 0.717) is 5.57 Å². The molecule has 1 aliphatic rings. The maximum atomic E-state index is 12.2. The molecular weight excluding hydrogens is 270 g/mol. The summed E-state index contributed by atoms with van der Waals surface area (Å²) in [5.74, 6) is 0.0537. The van der Waals surface area contributed by atoms with Gasteiger partial charge in [-0.2, -0.15) is 0 Å². The van der Waals surface area contributed by atoms with Gasteiger partial charge in [0.05, 0.1) is 19.2 Å². The average Bonchev–Trinajstić information content (AvgIpc) is 3.19. The largest absolute Gasteiger partial charge is 0.444 e. The number of rotatable bonds is 7. The number of ketones is 1. The summed E-state index contributed by atoms with van der Waals surface area (Å²) in [6, 6.07) is -0.657. The molecule has 1 fully saturated rings. The molecular formula is C16H25NO4. The summed E-state index contributed by atoms with van der Waals surface area (Å²) in [6.07, 6.45) is 2.74. The van der Waals surface area contributed by atoms with Crippen LogP contribution < -0.4 is 0 Å². The van der Waals surface area contributed by atoms with Crippen LogP contribution in [0.2, 0.25) is 0 Å². The molecule has 0 spiro atoms. The minimum absolute atomic E-state index is 0.151. The number of aliphatic hydroxyl groups excluding tert-OH is 1. The van der Waals surface area contributed by atoms with E-state index in [1.165, 1.54) is 11.0 Å². The number of hydrogen-bond donors (Lipinski definition) is 1. The van der Waals surface area contributed by atoms with Crippen LogP contribution in [0.1, 0.15) is 33.6 Å². The number of aliphatic hydroxyl groups is 1. The van der Waals surface area contributed by atoms with E-state index in [1.54, 1.807) is 20.8 Å². The van der Waals surface area contributed by atoms with Crippen LogP contribution in [0.3, 0.4) is 0 Å². The van der Waals surface area contributed by atoms with Crippen LogP contribution in [0.25, 0.3) is 0 Å². The zero-order valence-electron chi connectivity index (χ0n) is 13.1. The Labute approximate surface area is 126 Å². The number of carbonyl (C=O) groups is 2. The highest BCUT2D eigenvalue weighted by molar-refractivity contribution is 5.98. The Morgan fingerprint density at radius 3 is 2.38 bits per heavy atom. The summed E-state index contributed by atoms with van der Waals surface area (Å²) < 4.78 is 5.29. The predicted molar refractivity (Wildman–Crippen MR) is 80.9 cm³/mol. The van der Waals surface area contributed by atoms with Gasteiger partial charge in [0.15, 0.2) is 5.78 Å². The van der Waals surface area contributed by atoms with E-state index in [2.05, 4.69) is 13.2 Å². The van der Waals surface area contributed by atoms with Gasteiger partial charge in [-0.05, 0) is 45.1 Å². The summed E-state index contributed by atoms with van der Waals surface area (Å²) >= 11 is 0. The molecule has 0 unspecified atom stereocenters. The first-order valence-corrected chi connectivity index (χ1v) is 7.14. The second-order valence-corrected chi connectivity index (χ2v) is 6.32. The van der Waals surface area contributed by atoms with Gasteiger partial charge in [0.25, 0.3) is 0 Å². The summed E-state index contributed by atoms with van der Waals surface area (Å²) in [7, 11) is 0. The minimum atomic E-state index is -0.674. The molecule has 118 valence electrons. The summed E-state index contributed by atoms with van der Waals surface area (Å²) in [5, 5.41) is 9.36. The van der Waals surface area contributed by atoms with Gasteiger partial charge in [-0.25, -0.2) is 4.79 Å². The molecule has 0 aromatic carbocycles. The van der Waals surface area contributed by atoms with Gasteiger partial charge < -0.3 is 9.84 Å². The third-order valence-electron chi connectivity index (χ3n) is 3.23. The van der Waals surface area contributed by atoms with Crippen molar-refractivity contribution in [2.45, 2.75) is 45.3 Å². The van der Waals surface area contributed by atoms with Crippen LogP contribution in [0.4, 0.5) is 4.79 Å². The third-order valence-corrected chi connectivity index (χ3v) is 3.23. The number of Topliss-reactive ketones (excluding diaryl/α,β-unsaturated/α-hetero) is 1. The van der Waals surface area contributed by atoms with Crippen molar-refractivity contribution < 1.29 is 19.4 Å². The molecule has 0 aliphatic heterocycles. The summed E-state index contributed by atoms with van der Waals surface area (Å²) in [5.41, 5.74) is -0.128. The van der Waals surface area contributed by atoms with Crippen LogP contribution in [0.5, 0.6) is 0 Å². The topological polar surface area (TPSA) is 66.8 Å². The molecule has 1 atom stereocenters. The fraction of sp³-hybridized carbons (Fsp3) is 0.625. The lowest BCUT2D eigenvalue weighted by atomic mass is 10.1. The summed E-state index contributed by atoms with van der Waals surface area (Å²) in [4.78, 5) is 25.6. The molecule has 0 aromatic rings. The molecule has 0 aromatic heterocycles. The standard InChI is InChI=1S/C16H25NO4/c1-6-13(10-18)17(15(20)21-16(3,4)5)9-14(19)11(2)12-7-8-12/h6,12-13,18H,1-2,7-10H2,3-5H3/t13-/m0/s1. The van der Waals surface area contributed by atoms with Crippen LogP contribution in [0.15, 0.2) is 24.8 Å². The molecule has 0 radical (unpaired) electrons. The number of amides is 1. The van der Waals surface area contributed by atoms with E-state index >= 15 is 0 Å². The minimum Gasteiger partial charge on any atom is -0.444 e. The third kappa shape index (κ3) is 5.34. The fourth-order valence-corrected chi connectivity index (χ4v) is 1.85. The molecule has 0 saturated heterocycles. The van der Waals surface area contributed by atoms with Gasteiger partial charge >= 0.3 is 6.09 Å². The Hall–Kier alpha value is -1.62. The van der Waals surface area contributed by atoms with Gasteiger partial charge in [-0.15, -0.1) is 6.58 Å². The first kappa shape index (κ1) is 17.4. The maximum absolute atomic E-state index is 12.2. The number of ether oxygens (including phenoxy) is 1. The van der Waals surface area contributed by atoms with Gasteiger partial charge in [-0.1, -0.05) is 12.7 Å². The smallest absolute Gasteiger partial charge is 0.411 e. The van der Waals surface area contributed by atoms with Crippen LogP contribution in [0, 0.1) is 5.92 Å². The molecule has 1 rings (SSSR count). The highest BCUT2D eigenvalue weighted by Gasteiger charge is 2.33. The van der Waals surface area contributed by atoms with Gasteiger partial charge in [-0.3, -0.25) is 9.69 Å². The molecule has 5 nitrogen and oxygen atoms in total. The van der Waals surface area contributed by atoms with E-state index in [0.717, 1.165) is 12.8 Å². The van der Waals surface area contributed by atoms with Gasteiger partial charge in [0, 0.05) is 0 Å². The monoisotopic (exact) mass is 295 g/mol. The highest BCUT2D eigenvalue weighted by Crippen LogP contribution is 2.36. The second-order valence-electron chi connectivity index (χ2n) is 6.32. The SMILES string of the molecule is C=C[C@@H](CO)N(CC(=O)C(=C)C1CC1)C(=O)OC(C)(C)C. The predicted octanol–water partition coefficient (Wildman–Crippen LogP) is 2.31. The van der Waals surface area contributed by atoms with Crippen molar-refractivity contribution in [2.75, 3.05) is 13.2 Å². The second kappa shape index (κ2) is 6.89. The molecule has 0 heterocycles. The van der Waals surface area contributed by atoms with Crippen molar-refractivity contribution >= 4 is 11.9 Å². The lowest BCUT2D eigenvalue weighted by molar-refractivity contribution is -0.117. The maximum Gasteiger partial charge on any atom is 0.411 e. The molecule has 1 aliphatic carbocycles. The van der Waals surface area contributed by atoms with Crippen molar-refractivity contribution in [2.24, 2.45) is 5.92 Å². The van der Waals surface area contributed by atoms with Crippen LogP contribution >= 0.6 is 0 Å². The quantitative estimate of drug-likeness (QED) is 0.578. The van der Waals surface area contributed by atoms with E-state index in [4.69, 9.17) is 4.74 Å². The van der Waals surface area contributed by atoms with Crippen molar-refractivity contribution in [3.8, 4) is 0 Å². The zero-order chi connectivity index (χ0) is 16.2. The molecule has 1 N–H and O–H groups in total. The van der Waals surface area contributed by atoms with E-state index in [1.807, 2.05) is 0 Å². The Kier molecular flexibility index (Phi) is 5.72. The Morgan fingerprint density at radius 2 is 2.00 bits per heavy atom. The van der Waals surface area contributed by atoms with Crippen molar-refractivity contribution in [1.29, 1.82) is 0 Å². The van der Waals surface area contributed by atoms with Crippen molar-refractivity contribution in [3.63, 3.8) is 0 Å². The molecule has 1 amide bonds. The lowest BCUT2D eigenvalue weighted by Crippen LogP contribution is -2.47. The Bertz CT molecular complexity index is 432. The molecule has 5 heteroatoms. The van der Waals surface area contributed by atoms with Crippen molar-refractivity contribution in [1.82, 2.24) is 4.90 Å².